The van der Waals surface area contributed by atoms with Crippen molar-refractivity contribution in [1.82, 2.24) is 9.78 Å². The fraction of sp³-hybridized carbons (Fsp3) is 0.438. The van der Waals surface area contributed by atoms with E-state index >= 15 is 0 Å². The van der Waals surface area contributed by atoms with E-state index < -0.39 is 0 Å². The Bertz CT molecular complexity index is 635. The molecule has 0 unspecified atom stereocenters. The van der Waals surface area contributed by atoms with Crippen LogP contribution in [0.3, 0.4) is 0 Å². The summed E-state index contributed by atoms with van der Waals surface area (Å²) in [5.74, 6) is 0.842. The Morgan fingerprint density at radius 3 is 2.67 bits per heavy atom. The van der Waals surface area contributed by atoms with Crippen molar-refractivity contribution in [2.45, 2.75) is 39.8 Å². The van der Waals surface area contributed by atoms with Crippen molar-refractivity contribution in [3.63, 3.8) is 0 Å². The predicted molar refractivity (Wildman–Crippen MR) is 85.7 cm³/mol. The second-order valence-electron chi connectivity index (χ2n) is 5.29. The average Bonchev–Trinajstić information content (AvgIpc) is 2.72. The molecule has 0 aliphatic heterocycles. The van der Waals surface area contributed by atoms with Crippen LogP contribution in [0.2, 0.25) is 5.02 Å². The third-order valence-electron chi connectivity index (χ3n) is 3.59. The molecule has 0 aliphatic carbocycles. The lowest BCUT2D eigenvalue weighted by molar-refractivity contribution is 0.293. The summed E-state index contributed by atoms with van der Waals surface area (Å²) in [7, 11) is 1.88. The third kappa shape index (κ3) is 3.39. The minimum atomic E-state index is 0.0244. The number of rotatable bonds is 5. The fourth-order valence-corrected chi connectivity index (χ4v) is 2.59. The Balaban J connectivity index is 2.15. The van der Waals surface area contributed by atoms with Gasteiger partial charge in [-0.2, -0.15) is 5.10 Å². The summed E-state index contributed by atoms with van der Waals surface area (Å²) >= 11 is 6.32. The number of aromatic nitrogens is 2. The monoisotopic (exact) mass is 307 g/mol. The average molecular weight is 308 g/mol. The lowest BCUT2D eigenvalue weighted by Gasteiger charge is -2.12. The SMILES string of the molecule is CCc1nn(C)c(COc2ccc([C@@H](C)N)cc2C)c1Cl. The molecule has 1 heterocycles. The predicted octanol–water partition coefficient (Wildman–Crippen LogP) is 3.54. The van der Waals surface area contributed by atoms with Crippen LogP contribution in [0.15, 0.2) is 18.2 Å². The topological polar surface area (TPSA) is 53.1 Å². The van der Waals surface area contributed by atoms with Crippen molar-refractivity contribution in [3.05, 3.63) is 45.7 Å². The molecule has 2 N–H and O–H groups in total. The van der Waals surface area contributed by atoms with Crippen molar-refractivity contribution < 1.29 is 4.74 Å². The van der Waals surface area contributed by atoms with Crippen LogP contribution in [0, 0.1) is 6.92 Å². The van der Waals surface area contributed by atoms with E-state index in [1.54, 1.807) is 4.68 Å². The zero-order valence-electron chi connectivity index (χ0n) is 13.0. The number of aryl methyl sites for hydroxylation is 3. The molecule has 0 saturated carbocycles. The van der Waals surface area contributed by atoms with E-state index in [4.69, 9.17) is 22.1 Å². The molecule has 4 nitrogen and oxygen atoms in total. The molecule has 5 heteroatoms. The summed E-state index contributed by atoms with van der Waals surface area (Å²) in [6.45, 7) is 6.43. The van der Waals surface area contributed by atoms with Gasteiger partial charge < -0.3 is 10.5 Å². The molecule has 1 atom stereocenters. The Morgan fingerprint density at radius 2 is 2.14 bits per heavy atom. The van der Waals surface area contributed by atoms with Crippen LogP contribution in [0.5, 0.6) is 5.75 Å². The van der Waals surface area contributed by atoms with Crippen molar-refractivity contribution in [2.24, 2.45) is 12.8 Å². The number of hydrogen-bond acceptors (Lipinski definition) is 3. The summed E-state index contributed by atoms with van der Waals surface area (Å²) in [6, 6.07) is 6.04. The van der Waals surface area contributed by atoms with Gasteiger partial charge in [0.2, 0.25) is 0 Å². The van der Waals surface area contributed by atoms with E-state index in [0.29, 0.717) is 11.6 Å². The fourth-order valence-electron chi connectivity index (χ4n) is 2.24. The summed E-state index contributed by atoms with van der Waals surface area (Å²) in [4.78, 5) is 0. The molecule has 0 saturated heterocycles. The van der Waals surface area contributed by atoms with Crippen LogP contribution in [0.1, 0.15) is 42.4 Å². The highest BCUT2D eigenvalue weighted by molar-refractivity contribution is 6.31. The largest absolute Gasteiger partial charge is 0.487 e. The molecule has 0 fully saturated rings. The lowest BCUT2D eigenvalue weighted by Crippen LogP contribution is -2.07. The van der Waals surface area contributed by atoms with Crippen LogP contribution >= 0.6 is 11.6 Å². The highest BCUT2D eigenvalue weighted by Gasteiger charge is 2.14. The smallest absolute Gasteiger partial charge is 0.131 e. The van der Waals surface area contributed by atoms with E-state index in [0.717, 1.165) is 34.7 Å². The molecular formula is C16H22ClN3O. The second-order valence-corrected chi connectivity index (χ2v) is 5.66. The quantitative estimate of drug-likeness (QED) is 0.919. The summed E-state index contributed by atoms with van der Waals surface area (Å²) in [5.41, 5.74) is 9.85. The van der Waals surface area contributed by atoms with Crippen LogP contribution in [-0.4, -0.2) is 9.78 Å². The van der Waals surface area contributed by atoms with Crippen LogP contribution in [0.25, 0.3) is 0 Å². The van der Waals surface area contributed by atoms with E-state index in [-0.39, 0.29) is 6.04 Å². The van der Waals surface area contributed by atoms with Crippen molar-refractivity contribution in [3.8, 4) is 5.75 Å². The zero-order valence-corrected chi connectivity index (χ0v) is 13.7. The first-order chi connectivity index (χ1) is 9.93. The first-order valence-electron chi connectivity index (χ1n) is 7.13. The van der Waals surface area contributed by atoms with Gasteiger partial charge in [-0.25, -0.2) is 0 Å². The molecule has 1 aromatic heterocycles. The number of nitrogens with zero attached hydrogens (tertiary/aromatic N) is 2. The Labute approximate surface area is 130 Å². The maximum atomic E-state index is 6.32. The summed E-state index contributed by atoms with van der Waals surface area (Å²) < 4.78 is 7.68. The first-order valence-corrected chi connectivity index (χ1v) is 7.51. The Hall–Kier alpha value is -1.52. The molecule has 21 heavy (non-hydrogen) atoms. The number of ether oxygens (including phenoxy) is 1. The maximum absolute atomic E-state index is 6.32. The molecule has 0 bridgehead atoms. The highest BCUT2D eigenvalue weighted by Crippen LogP contribution is 2.25. The Kier molecular flexibility index (Phi) is 4.91. The Morgan fingerprint density at radius 1 is 1.43 bits per heavy atom. The van der Waals surface area contributed by atoms with Gasteiger partial charge in [0, 0.05) is 13.1 Å². The van der Waals surface area contributed by atoms with Gasteiger partial charge in [0.05, 0.1) is 16.4 Å². The normalized spacial score (nSPS) is 12.5. The molecule has 0 radical (unpaired) electrons. The van der Waals surface area contributed by atoms with E-state index in [1.165, 1.54) is 0 Å². The number of nitrogens with two attached hydrogens (primary N) is 1. The van der Waals surface area contributed by atoms with Crippen LogP contribution < -0.4 is 10.5 Å². The minimum Gasteiger partial charge on any atom is -0.487 e. The number of hydrogen-bond donors (Lipinski definition) is 1. The second kappa shape index (κ2) is 6.50. The number of halogens is 1. The number of benzene rings is 1. The molecule has 0 amide bonds. The molecule has 2 rings (SSSR count). The van der Waals surface area contributed by atoms with E-state index in [9.17, 15) is 0 Å². The maximum Gasteiger partial charge on any atom is 0.131 e. The van der Waals surface area contributed by atoms with Crippen molar-refractivity contribution in [2.75, 3.05) is 0 Å². The van der Waals surface area contributed by atoms with Gasteiger partial charge in [-0.05, 0) is 37.5 Å². The van der Waals surface area contributed by atoms with Gasteiger partial charge in [0.15, 0.2) is 0 Å². The molecule has 0 spiro atoms. The molecule has 114 valence electrons. The van der Waals surface area contributed by atoms with E-state index in [1.807, 2.05) is 40.0 Å². The van der Waals surface area contributed by atoms with Gasteiger partial charge >= 0.3 is 0 Å². The molecule has 1 aromatic carbocycles. The van der Waals surface area contributed by atoms with Crippen LogP contribution in [-0.2, 0) is 20.1 Å². The molecule has 2 aromatic rings. The van der Waals surface area contributed by atoms with Crippen molar-refractivity contribution >= 4 is 11.6 Å². The first kappa shape index (κ1) is 15.9. The zero-order chi connectivity index (χ0) is 15.6. The van der Waals surface area contributed by atoms with Gasteiger partial charge in [0.25, 0.3) is 0 Å². The van der Waals surface area contributed by atoms with Gasteiger partial charge in [-0.3, -0.25) is 4.68 Å². The molecular weight excluding hydrogens is 286 g/mol. The third-order valence-corrected chi connectivity index (χ3v) is 4.03. The van der Waals surface area contributed by atoms with Gasteiger partial charge in [-0.1, -0.05) is 30.7 Å². The van der Waals surface area contributed by atoms with Crippen LogP contribution in [0.4, 0.5) is 0 Å². The standard InChI is InChI=1S/C16H22ClN3O/c1-5-13-16(17)14(20(4)19-13)9-21-15-7-6-12(11(3)18)8-10(15)2/h6-8,11H,5,9,18H2,1-4H3/t11-/m1/s1. The minimum absolute atomic E-state index is 0.0244. The van der Waals surface area contributed by atoms with Gasteiger partial charge in [-0.15, -0.1) is 0 Å². The van der Waals surface area contributed by atoms with Crippen molar-refractivity contribution in [1.29, 1.82) is 0 Å². The summed E-state index contributed by atoms with van der Waals surface area (Å²) in [6.07, 6.45) is 0.814. The highest BCUT2D eigenvalue weighted by atomic mass is 35.5. The van der Waals surface area contributed by atoms with E-state index in [2.05, 4.69) is 11.2 Å². The lowest BCUT2D eigenvalue weighted by atomic mass is 10.1. The molecule has 0 aliphatic rings. The summed E-state index contributed by atoms with van der Waals surface area (Å²) in [5, 5.41) is 5.09. The van der Waals surface area contributed by atoms with Gasteiger partial charge in [0.1, 0.15) is 12.4 Å².